The molecule has 0 saturated carbocycles. The van der Waals surface area contributed by atoms with Crippen molar-refractivity contribution in [3.8, 4) is 0 Å². The first-order chi connectivity index (χ1) is 11.5. The first-order valence-corrected chi connectivity index (χ1v) is 8.08. The molecular weight excluding hydrogens is 304 g/mol. The molecule has 1 saturated heterocycles. The van der Waals surface area contributed by atoms with Gasteiger partial charge in [0.25, 0.3) is 5.56 Å². The summed E-state index contributed by atoms with van der Waals surface area (Å²) < 4.78 is 1.32. The van der Waals surface area contributed by atoms with E-state index in [0.29, 0.717) is 11.5 Å². The van der Waals surface area contributed by atoms with E-state index in [1.165, 1.54) is 10.2 Å². The lowest BCUT2D eigenvalue weighted by atomic mass is 9.88. The summed E-state index contributed by atoms with van der Waals surface area (Å²) in [6, 6.07) is 9.62. The smallest absolute Gasteiger partial charge is 0.268 e. The number of piperidine rings is 1. The van der Waals surface area contributed by atoms with Crippen molar-refractivity contribution in [2.45, 2.75) is 18.4 Å². The van der Waals surface area contributed by atoms with Crippen LogP contribution in [0.15, 0.2) is 41.3 Å². The Morgan fingerprint density at radius 2 is 1.96 bits per heavy atom. The van der Waals surface area contributed by atoms with Crippen molar-refractivity contribution < 1.29 is 4.79 Å². The van der Waals surface area contributed by atoms with Crippen LogP contribution in [-0.2, 0) is 7.05 Å². The van der Waals surface area contributed by atoms with Crippen molar-refractivity contribution in [3.05, 3.63) is 58.0 Å². The maximum absolute atomic E-state index is 11.7. The van der Waals surface area contributed by atoms with Gasteiger partial charge in [-0.05, 0) is 24.9 Å². The van der Waals surface area contributed by atoms with Crippen molar-refractivity contribution in [2.75, 3.05) is 25.5 Å². The minimum Gasteiger partial charge on any atom is -0.380 e. The Labute approximate surface area is 141 Å². The highest BCUT2D eigenvalue weighted by Gasteiger charge is 2.26. The standard InChI is InChI=1S/C18H22N4O2/c1-21-10-15(14-5-3-13(12-23)4-6-14)7-17(11-21)20-16-8-18(24)22(2)19-9-16/h3-6,8-9,12,15,17,20H,7,10-11H2,1-2H3/t15-,17+/m0/s1. The molecule has 0 aliphatic carbocycles. The van der Waals surface area contributed by atoms with Crippen molar-refractivity contribution in [1.82, 2.24) is 14.7 Å². The summed E-state index contributed by atoms with van der Waals surface area (Å²) in [6.45, 7) is 1.89. The Kier molecular flexibility index (Phi) is 4.76. The molecular formula is C18H22N4O2. The molecule has 2 aromatic rings. The molecule has 1 fully saturated rings. The van der Waals surface area contributed by atoms with Crippen LogP contribution in [0, 0.1) is 0 Å². The molecule has 2 atom stereocenters. The number of nitrogens with one attached hydrogen (secondary N) is 1. The number of aryl methyl sites for hydroxylation is 1. The van der Waals surface area contributed by atoms with Crippen LogP contribution in [0.5, 0.6) is 0 Å². The minimum absolute atomic E-state index is 0.120. The molecule has 0 spiro atoms. The third-order valence-corrected chi connectivity index (χ3v) is 4.52. The molecule has 1 aliphatic rings. The zero-order valence-corrected chi connectivity index (χ0v) is 14.0. The number of anilines is 1. The highest BCUT2D eigenvalue weighted by atomic mass is 16.1. The van der Waals surface area contributed by atoms with E-state index in [4.69, 9.17) is 0 Å². The molecule has 1 aromatic heterocycles. The Bertz CT molecular complexity index is 769. The summed E-state index contributed by atoms with van der Waals surface area (Å²) in [5.74, 6) is 0.390. The molecule has 0 bridgehead atoms. The fourth-order valence-electron chi connectivity index (χ4n) is 3.30. The monoisotopic (exact) mass is 326 g/mol. The number of likely N-dealkylation sites (N-methyl/N-ethyl adjacent to an activating group) is 1. The minimum atomic E-state index is -0.120. The van der Waals surface area contributed by atoms with E-state index in [-0.39, 0.29) is 11.6 Å². The lowest BCUT2D eigenvalue weighted by Gasteiger charge is -2.36. The van der Waals surface area contributed by atoms with Crippen molar-refractivity contribution in [2.24, 2.45) is 7.05 Å². The maximum Gasteiger partial charge on any atom is 0.268 e. The second-order valence-corrected chi connectivity index (χ2v) is 6.49. The van der Waals surface area contributed by atoms with Crippen LogP contribution in [0.1, 0.15) is 28.3 Å². The Hall–Kier alpha value is -2.47. The predicted octanol–water partition coefficient (Wildman–Crippen LogP) is 1.49. The summed E-state index contributed by atoms with van der Waals surface area (Å²) in [5, 5.41) is 7.48. The maximum atomic E-state index is 11.7. The third-order valence-electron chi connectivity index (χ3n) is 4.52. The number of likely N-dealkylation sites (tertiary alicyclic amines) is 1. The molecule has 0 radical (unpaired) electrons. The number of aldehydes is 1. The molecule has 3 rings (SSSR count). The molecule has 6 heteroatoms. The third kappa shape index (κ3) is 3.71. The summed E-state index contributed by atoms with van der Waals surface area (Å²) >= 11 is 0. The summed E-state index contributed by atoms with van der Waals surface area (Å²) in [7, 11) is 3.74. The molecule has 6 nitrogen and oxygen atoms in total. The average molecular weight is 326 g/mol. The molecule has 1 aliphatic heterocycles. The van der Waals surface area contributed by atoms with Crippen molar-refractivity contribution in [3.63, 3.8) is 0 Å². The highest BCUT2D eigenvalue weighted by Crippen LogP contribution is 2.28. The van der Waals surface area contributed by atoms with Crippen molar-refractivity contribution >= 4 is 12.0 Å². The van der Waals surface area contributed by atoms with Crippen LogP contribution in [0.4, 0.5) is 5.69 Å². The van der Waals surface area contributed by atoms with Crippen LogP contribution >= 0.6 is 0 Å². The van der Waals surface area contributed by atoms with Crippen molar-refractivity contribution in [1.29, 1.82) is 0 Å². The van der Waals surface area contributed by atoms with Crippen LogP contribution in [-0.4, -0.2) is 47.1 Å². The van der Waals surface area contributed by atoms with Gasteiger partial charge in [-0.2, -0.15) is 5.10 Å². The molecule has 2 heterocycles. The molecule has 1 N–H and O–H groups in total. The highest BCUT2D eigenvalue weighted by molar-refractivity contribution is 5.74. The zero-order chi connectivity index (χ0) is 17.1. The van der Waals surface area contributed by atoms with Gasteiger partial charge in [0.15, 0.2) is 0 Å². The summed E-state index contributed by atoms with van der Waals surface area (Å²) in [6.07, 6.45) is 3.52. The average Bonchev–Trinajstić information content (AvgIpc) is 2.58. The number of benzene rings is 1. The van der Waals surface area contributed by atoms with E-state index in [1.54, 1.807) is 19.3 Å². The van der Waals surface area contributed by atoms with Crippen LogP contribution in [0.3, 0.4) is 0 Å². The van der Waals surface area contributed by atoms with Gasteiger partial charge in [0.2, 0.25) is 0 Å². The van der Waals surface area contributed by atoms with Gasteiger partial charge in [-0.1, -0.05) is 24.3 Å². The van der Waals surface area contributed by atoms with Gasteiger partial charge in [0.1, 0.15) is 6.29 Å². The summed E-state index contributed by atoms with van der Waals surface area (Å²) in [5.41, 5.74) is 2.57. The van der Waals surface area contributed by atoms with E-state index in [2.05, 4.69) is 22.4 Å². The van der Waals surface area contributed by atoms with Gasteiger partial charge in [0.05, 0.1) is 11.9 Å². The predicted molar refractivity (Wildman–Crippen MR) is 93.6 cm³/mol. The van der Waals surface area contributed by atoms with Crippen LogP contribution < -0.4 is 10.9 Å². The Morgan fingerprint density at radius 3 is 2.62 bits per heavy atom. The zero-order valence-electron chi connectivity index (χ0n) is 14.0. The largest absolute Gasteiger partial charge is 0.380 e. The van der Waals surface area contributed by atoms with E-state index >= 15 is 0 Å². The first-order valence-electron chi connectivity index (χ1n) is 8.08. The van der Waals surface area contributed by atoms with E-state index in [9.17, 15) is 9.59 Å². The quantitative estimate of drug-likeness (QED) is 0.862. The second kappa shape index (κ2) is 6.97. The van der Waals surface area contributed by atoms with Gasteiger partial charge >= 0.3 is 0 Å². The molecule has 1 aromatic carbocycles. The van der Waals surface area contributed by atoms with Gasteiger partial charge in [-0.15, -0.1) is 0 Å². The van der Waals surface area contributed by atoms with E-state index < -0.39 is 0 Å². The molecule has 0 amide bonds. The van der Waals surface area contributed by atoms with Crippen LogP contribution in [0.2, 0.25) is 0 Å². The fraction of sp³-hybridized carbons (Fsp3) is 0.389. The van der Waals surface area contributed by atoms with E-state index in [1.807, 2.05) is 24.3 Å². The number of nitrogens with zero attached hydrogens (tertiary/aromatic N) is 3. The van der Waals surface area contributed by atoms with E-state index in [0.717, 1.165) is 31.5 Å². The topological polar surface area (TPSA) is 67.2 Å². The number of carbonyl (C=O) groups is 1. The fourth-order valence-corrected chi connectivity index (χ4v) is 3.30. The second-order valence-electron chi connectivity index (χ2n) is 6.49. The number of carbonyl (C=O) groups excluding carboxylic acids is 1. The Morgan fingerprint density at radius 1 is 1.21 bits per heavy atom. The number of hydrogen-bond acceptors (Lipinski definition) is 5. The lowest BCUT2D eigenvalue weighted by Crippen LogP contribution is -2.43. The number of aromatic nitrogens is 2. The number of rotatable bonds is 4. The SMILES string of the molecule is CN1C[C@H](Nc2cnn(C)c(=O)c2)C[C@H](c2ccc(C=O)cc2)C1. The van der Waals surface area contributed by atoms with Crippen LogP contribution in [0.25, 0.3) is 0 Å². The van der Waals surface area contributed by atoms with Gasteiger partial charge in [-0.25, -0.2) is 4.68 Å². The number of hydrogen-bond donors (Lipinski definition) is 1. The molecule has 126 valence electrons. The molecule has 0 unspecified atom stereocenters. The summed E-state index contributed by atoms with van der Waals surface area (Å²) in [4.78, 5) is 24.8. The van der Waals surface area contributed by atoms with Gasteiger partial charge in [0, 0.05) is 37.8 Å². The van der Waals surface area contributed by atoms with Gasteiger partial charge in [-0.3, -0.25) is 9.59 Å². The molecule has 24 heavy (non-hydrogen) atoms. The Balaban J connectivity index is 1.73. The normalized spacial score (nSPS) is 21.4. The lowest BCUT2D eigenvalue weighted by molar-refractivity contribution is 0.112. The first kappa shape index (κ1) is 16.4. The van der Waals surface area contributed by atoms with Gasteiger partial charge < -0.3 is 10.2 Å².